The lowest BCUT2D eigenvalue weighted by atomic mass is 10.1. The minimum atomic E-state index is -4.98. The molecule has 44 heavy (non-hydrogen) atoms. The highest BCUT2D eigenvalue weighted by molar-refractivity contribution is 6.32. The van der Waals surface area contributed by atoms with E-state index >= 15 is 0 Å². The van der Waals surface area contributed by atoms with Gasteiger partial charge in [0.15, 0.2) is 0 Å². The second-order valence-corrected chi connectivity index (χ2v) is 9.48. The molecule has 0 saturated carbocycles. The number of urea groups is 1. The van der Waals surface area contributed by atoms with Crippen LogP contribution in [0.5, 0.6) is 17.5 Å². The van der Waals surface area contributed by atoms with Crippen LogP contribution >= 0.6 is 11.6 Å². The van der Waals surface area contributed by atoms with E-state index in [1.54, 1.807) is 6.92 Å². The summed E-state index contributed by atoms with van der Waals surface area (Å²) in [7, 11) is 1.34. The Kier molecular flexibility index (Phi) is 9.37. The number of carbonyl (C=O) groups is 2. The predicted molar refractivity (Wildman–Crippen MR) is 149 cm³/mol. The molecule has 0 aliphatic heterocycles. The fourth-order valence-corrected chi connectivity index (χ4v) is 4.08. The molecule has 3 N–H and O–H groups in total. The first kappa shape index (κ1) is 32.1. The Balaban J connectivity index is 1.66. The molecule has 4 aromatic rings. The zero-order chi connectivity index (χ0) is 32.2. The molecule has 3 amide bonds. The Labute approximate surface area is 250 Å². The van der Waals surface area contributed by atoms with Crippen LogP contribution < -0.4 is 25.4 Å². The van der Waals surface area contributed by atoms with E-state index in [0.29, 0.717) is 18.6 Å². The zero-order valence-electron chi connectivity index (χ0n) is 22.8. The number of fused-ring (bicyclic) bond motifs is 1. The van der Waals surface area contributed by atoms with Gasteiger partial charge in [0.1, 0.15) is 17.2 Å². The number of carbonyl (C=O) groups excluding carboxylic acids is 2. The van der Waals surface area contributed by atoms with E-state index in [0.717, 1.165) is 24.3 Å². The summed E-state index contributed by atoms with van der Waals surface area (Å²) in [5.41, 5.74) is -3.51. The number of amides is 3. The second kappa shape index (κ2) is 12.8. The van der Waals surface area contributed by atoms with E-state index in [1.165, 1.54) is 25.3 Å². The number of methoxy groups -OCH3 is 1. The van der Waals surface area contributed by atoms with Gasteiger partial charge in [-0.05, 0) is 55.0 Å². The van der Waals surface area contributed by atoms with Crippen molar-refractivity contribution >= 4 is 45.8 Å². The number of nitrogens with one attached hydrogen (secondary N) is 3. The fraction of sp³-hybridized carbons (Fsp3) is 0.214. The number of rotatable bonds is 8. The average Bonchev–Trinajstić information content (AvgIpc) is 2.95. The molecule has 0 radical (unpaired) electrons. The zero-order valence-corrected chi connectivity index (χ0v) is 23.5. The molecule has 0 bridgehead atoms. The Bertz CT molecular complexity index is 1710. The van der Waals surface area contributed by atoms with Crippen LogP contribution in [-0.4, -0.2) is 35.6 Å². The minimum Gasteiger partial charge on any atom is -0.495 e. The van der Waals surface area contributed by atoms with Crippen LogP contribution in [0, 0.1) is 0 Å². The number of alkyl halides is 6. The maximum absolute atomic E-state index is 14.0. The van der Waals surface area contributed by atoms with Crippen LogP contribution in [0.1, 0.15) is 35.0 Å². The van der Waals surface area contributed by atoms with Crippen molar-refractivity contribution in [2.75, 3.05) is 24.3 Å². The number of benzene rings is 3. The third-order valence-corrected chi connectivity index (χ3v) is 6.23. The van der Waals surface area contributed by atoms with Gasteiger partial charge in [0, 0.05) is 23.7 Å². The summed E-state index contributed by atoms with van der Waals surface area (Å²) in [6.07, 6.45) is -9.17. The van der Waals surface area contributed by atoms with Gasteiger partial charge in [-0.1, -0.05) is 18.5 Å². The Morgan fingerprint density at radius 2 is 1.66 bits per heavy atom. The highest BCUT2D eigenvalue weighted by atomic mass is 35.5. The number of halogens is 7. The van der Waals surface area contributed by atoms with E-state index in [-0.39, 0.29) is 39.6 Å². The molecule has 9 nitrogen and oxygen atoms in total. The van der Waals surface area contributed by atoms with Crippen LogP contribution in [0.2, 0.25) is 5.02 Å². The molecule has 0 saturated heterocycles. The maximum atomic E-state index is 14.0. The number of nitrogens with zero attached hydrogens (tertiary/aromatic N) is 2. The topological polar surface area (TPSA) is 114 Å². The number of hydrogen-bond donors (Lipinski definition) is 3. The van der Waals surface area contributed by atoms with Gasteiger partial charge in [-0.25, -0.2) is 4.79 Å². The highest BCUT2D eigenvalue weighted by Crippen LogP contribution is 2.39. The molecule has 0 atom stereocenters. The lowest BCUT2D eigenvalue weighted by Crippen LogP contribution is -2.25. The van der Waals surface area contributed by atoms with Crippen molar-refractivity contribution in [3.8, 4) is 17.5 Å². The molecule has 0 aliphatic carbocycles. The Morgan fingerprint density at radius 1 is 0.909 bits per heavy atom. The first-order valence-corrected chi connectivity index (χ1v) is 13.0. The minimum absolute atomic E-state index is 0.0289. The maximum Gasteiger partial charge on any atom is 0.418 e. The molecule has 16 heteroatoms. The van der Waals surface area contributed by atoms with Crippen LogP contribution in [0.15, 0.2) is 54.6 Å². The fourth-order valence-electron chi connectivity index (χ4n) is 3.88. The second-order valence-electron chi connectivity index (χ2n) is 9.08. The largest absolute Gasteiger partial charge is 0.495 e. The average molecular weight is 642 g/mol. The van der Waals surface area contributed by atoms with Crippen LogP contribution in [-0.2, 0) is 12.4 Å². The van der Waals surface area contributed by atoms with E-state index < -0.39 is 52.9 Å². The summed E-state index contributed by atoms with van der Waals surface area (Å²) in [4.78, 5) is 33.1. The molecule has 0 fully saturated rings. The quantitative estimate of drug-likeness (QED) is 0.169. The molecule has 0 aliphatic rings. The molecule has 3 aromatic carbocycles. The standard InChI is InChI=1S/C28H22ClF6N5O4/c1-3-10-36-24(41)23-17-7-4-14(27(30,31)32)11-21(17)39-26(40-23)44-16-6-9-20(18(13-16)28(33,34)35)38-25(42)37-15-5-8-19(29)22(12-15)43-2/h4-9,11-13H,3,10H2,1-2H3,(H,36,41)(H2,37,38,42). The monoisotopic (exact) mass is 641 g/mol. The highest BCUT2D eigenvalue weighted by Gasteiger charge is 2.35. The summed E-state index contributed by atoms with van der Waals surface area (Å²) >= 11 is 5.94. The summed E-state index contributed by atoms with van der Waals surface area (Å²) in [5.74, 6) is -1.00. The molecule has 0 spiro atoms. The van der Waals surface area contributed by atoms with Crippen molar-refractivity contribution in [2.24, 2.45) is 0 Å². The van der Waals surface area contributed by atoms with Gasteiger partial charge in [0.25, 0.3) is 5.91 Å². The van der Waals surface area contributed by atoms with Gasteiger partial charge in [-0.3, -0.25) is 4.79 Å². The first-order valence-electron chi connectivity index (χ1n) is 12.7. The van der Waals surface area contributed by atoms with Crippen molar-refractivity contribution in [1.29, 1.82) is 0 Å². The van der Waals surface area contributed by atoms with Crippen LogP contribution in [0.4, 0.5) is 42.5 Å². The summed E-state index contributed by atoms with van der Waals surface area (Å²) in [5, 5.41) is 7.23. The van der Waals surface area contributed by atoms with Crippen molar-refractivity contribution in [3.05, 3.63) is 76.4 Å². The number of anilines is 2. The van der Waals surface area contributed by atoms with Crippen molar-refractivity contribution in [3.63, 3.8) is 0 Å². The smallest absolute Gasteiger partial charge is 0.418 e. The summed E-state index contributed by atoms with van der Waals surface area (Å²) in [6.45, 7) is 2.00. The van der Waals surface area contributed by atoms with E-state index in [4.69, 9.17) is 21.1 Å². The van der Waals surface area contributed by atoms with Crippen molar-refractivity contribution in [1.82, 2.24) is 15.3 Å². The van der Waals surface area contributed by atoms with Gasteiger partial charge in [0.2, 0.25) is 0 Å². The number of ether oxygens (including phenoxy) is 2. The van der Waals surface area contributed by atoms with Crippen LogP contribution in [0.25, 0.3) is 10.9 Å². The lowest BCUT2D eigenvalue weighted by Gasteiger charge is -2.16. The van der Waals surface area contributed by atoms with Gasteiger partial charge < -0.3 is 25.4 Å². The molecular weight excluding hydrogens is 620 g/mol. The van der Waals surface area contributed by atoms with Crippen molar-refractivity contribution in [2.45, 2.75) is 25.7 Å². The molecule has 0 unspecified atom stereocenters. The van der Waals surface area contributed by atoms with E-state index in [9.17, 15) is 35.9 Å². The Morgan fingerprint density at radius 3 is 2.32 bits per heavy atom. The van der Waals surface area contributed by atoms with Gasteiger partial charge >= 0.3 is 24.4 Å². The normalized spacial score (nSPS) is 11.7. The van der Waals surface area contributed by atoms with Crippen LogP contribution in [0.3, 0.4) is 0 Å². The van der Waals surface area contributed by atoms with Crippen molar-refractivity contribution < 1.29 is 45.4 Å². The number of aromatic nitrogens is 2. The molecule has 232 valence electrons. The molecule has 1 aromatic heterocycles. The van der Waals surface area contributed by atoms with E-state index in [1.807, 2.05) is 0 Å². The third-order valence-electron chi connectivity index (χ3n) is 5.92. The lowest BCUT2D eigenvalue weighted by molar-refractivity contribution is -0.138. The predicted octanol–water partition coefficient (Wildman–Crippen LogP) is 7.91. The molecule has 1 heterocycles. The molecular formula is C28H22ClF6N5O4. The third kappa shape index (κ3) is 7.58. The first-order chi connectivity index (χ1) is 20.7. The number of hydrogen-bond acceptors (Lipinski definition) is 6. The van der Waals surface area contributed by atoms with Gasteiger partial charge in [0.05, 0.1) is 34.5 Å². The summed E-state index contributed by atoms with van der Waals surface area (Å²) < 4.78 is 92.4. The van der Waals surface area contributed by atoms with E-state index in [2.05, 4.69) is 25.9 Å². The van der Waals surface area contributed by atoms with Gasteiger partial charge in [-0.2, -0.15) is 36.3 Å². The SMILES string of the molecule is CCCNC(=O)c1nc(Oc2ccc(NC(=O)Nc3ccc(Cl)c(OC)c3)c(C(F)(F)F)c2)nc2cc(C(F)(F)F)ccc12. The summed E-state index contributed by atoms with van der Waals surface area (Å²) in [6, 6.07) is 7.43. The van der Waals surface area contributed by atoms with Gasteiger partial charge in [-0.15, -0.1) is 0 Å². The molecule has 4 rings (SSSR count). The Hall–Kier alpha value is -4.79.